The quantitative estimate of drug-likeness (QED) is 0.254. The van der Waals surface area contributed by atoms with Gasteiger partial charge < -0.3 is 24.8 Å². The van der Waals surface area contributed by atoms with Crippen molar-refractivity contribution in [2.75, 3.05) is 6.54 Å². The molecule has 0 amide bonds. The molecule has 1 aliphatic heterocycles. The molecule has 38 heavy (non-hydrogen) atoms. The molecular weight excluding hydrogens is 607 g/mol. The number of fused-ring (bicyclic) bond motifs is 2. The first-order valence-corrected chi connectivity index (χ1v) is 21.6. The van der Waals surface area contributed by atoms with Crippen molar-refractivity contribution in [3.05, 3.63) is 102 Å². The zero-order valence-electron chi connectivity index (χ0n) is 21.9. The Morgan fingerprint density at radius 3 is 2.61 bits per heavy atom. The Balaban J connectivity index is 0.00000168. The van der Waals surface area contributed by atoms with Crippen molar-refractivity contribution in [1.82, 2.24) is 14.0 Å². The number of allylic oxidation sites excluding steroid dienone is 2. The molecule has 0 fully saturated rings. The van der Waals surface area contributed by atoms with Crippen LogP contribution in [0.5, 0.6) is 0 Å². The number of hydrogen-bond donors (Lipinski definition) is 0. The van der Waals surface area contributed by atoms with Crippen LogP contribution in [0.2, 0.25) is 0 Å². The predicted molar refractivity (Wildman–Crippen MR) is 151 cm³/mol. The summed E-state index contributed by atoms with van der Waals surface area (Å²) in [5, 5.41) is 0. The number of imidazole rings is 1. The van der Waals surface area contributed by atoms with Gasteiger partial charge >= 0.3 is 224 Å². The molecule has 0 saturated carbocycles. The van der Waals surface area contributed by atoms with Crippen molar-refractivity contribution in [3.8, 4) is 5.69 Å². The van der Waals surface area contributed by atoms with Crippen LogP contribution >= 0.6 is 0 Å². The monoisotopic (exact) mass is 637 g/mol. The van der Waals surface area contributed by atoms with Gasteiger partial charge in [-0.05, 0) is 0 Å². The summed E-state index contributed by atoms with van der Waals surface area (Å²) in [6.07, 6.45) is 25.7. The third-order valence-electron chi connectivity index (χ3n) is 8.11. The summed E-state index contributed by atoms with van der Waals surface area (Å²) < 4.78 is 3.66. The van der Waals surface area contributed by atoms with E-state index in [0.717, 1.165) is 17.4 Å². The Morgan fingerprint density at radius 2 is 1.89 bits per heavy atom. The van der Waals surface area contributed by atoms with Crippen molar-refractivity contribution >= 4 is 31.1 Å². The van der Waals surface area contributed by atoms with Crippen LogP contribution in [0.4, 0.5) is 5.69 Å². The van der Waals surface area contributed by atoms with Crippen LogP contribution in [0.15, 0.2) is 84.7 Å². The molecular formula is C30H33Cl2N4SiZr-. The molecule has 0 N–H and O–H groups in total. The van der Waals surface area contributed by atoms with E-state index in [0.29, 0.717) is 3.63 Å². The molecule has 0 saturated heterocycles. The summed E-state index contributed by atoms with van der Waals surface area (Å²) in [4.78, 5) is 8.81. The first-order chi connectivity index (χ1) is 17.6. The van der Waals surface area contributed by atoms with Crippen LogP contribution in [0.3, 0.4) is 0 Å². The fourth-order valence-electron chi connectivity index (χ4n) is 6.49. The first-order valence-electron chi connectivity index (χ1n) is 13.0. The summed E-state index contributed by atoms with van der Waals surface area (Å²) in [6.45, 7) is 8.05. The Labute approximate surface area is 247 Å². The summed E-state index contributed by atoms with van der Waals surface area (Å²) in [5.41, 5.74) is 8.52. The average molecular weight is 640 g/mol. The summed E-state index contributed by atoms with van der Waals surface area (Å²) in [7, 11) is 0. The Kier molecular flexibility index (Phi) is 9.01. The summed E-state index contributed by atoms with van der Waals surface area (Å²) in [5.74, 6) is 0. The van der Waals surface area contributed by atoms with Crippen LogP contribution < -0.4 is 29.3 Å². The molecule has 2 aromatic carbocycles. The maximum Gasteiger partial charge on any atom is -1.00 e. The number of nitrogens with zero attached hydrogens (tertiary/aromatic N) is 4. The van der Waals surface area contributed by atoms with E-state index in [2.05, 4.69) is 109 Å². The second-order valence-corrected chi connectivity index (χ2v) is 20.9. The SMILES string of the molecule is CCC[C]1([Zr](=[SiH2])[CH]2C=Cc3c2cccc3-n2ccnc2)C=Cc2c1cccc2[N+]1(CCC)C=CN=C1.[Cl-].[Cl-]. The predicted octanol–water partition coefficient (Wildman–Crippen LogP) is 0.0673. The standard InChI is InChI=1S/C18H22N2.C12H9N2.2ClH.H2Si.Zr/c1-3-6-15-9-10-17-16(15)7-5-8-18(17)20(12-4-2)13-11-19-14-20;1-3-10-4-2-6-12(11(10)5-1)14-8-7-13-9-14;;;;/h5,7-11,13-14H,3-4,6,12H2,1-2H3;1-9H;2*1H;1H2;/q+1;;;;;/p-2. The fraction of sp³-hybridized carbons (Fsp3) is 0.267. The molecule has 196 valence electrons. The zero-order chi connectivity index (χ0) is 24.8. The van der Waals surface area contributed by atoms with Gasteiger partial charge in [-0.3, -0.25) is 0 Å². The van der Waals surface area contributed by atoms with Gasteiger partial charge in [0, 0.05) is 0 Å². The molecule has 0 bridgehead atoms. The molecule has 0 spiro atoms. The molecule has 0 radical (unpaired) electrons. The van der Waals surface area contributed by atoms with Gasteiger partial charge in [-0.2, -0.15) is 0 Å². The topological polar surface area (TPSA) is 30.2 Å². The minimum Gasteiger partial charge on any atom is -1.00 e. The Hall–Kier alpha value is -1.82. The van der Waals surface area contributed by atoms with Gasteiger partial charge in [-0.1, -0.05) is 0 Å². The molecule has 3 aromatic rings. The van der Waals surface area contributed by atoms with E-state index in [1.165, 1.54) is 40.9 Å². The van der Waals surface area contributed by atoms with Crippen LogP contribution in [0, 0.1) is 0 Å². The Bertz CT molecular complexity index is 1450. The molecule has 3 aliphatic rings. The van der Waals surface area contributed by atoms with Crippen molar-refractivity contribution in [2.45, 2.75) is 39.9 Å². The molecule has 2 aliphatic carbocycles. The van der Waals surface area contributed by atoms with E-state index in [1.54, 1.807) is 5.56 Å². The molecule has 4 nitrogen and oxygen atoms in total. The van der Waals surface area contributed by atoms with E-state index in [9.17, 15) is 0 Å². The second-order valence-electron chi connectivity index (χ2n) is 10.1. The van der Waals surface area contributed by atoms with Gasteiger partial charge in [0.05, 0.1) is 0 Å². The number of quaternary nitrogens is 1. The number of aliphatic imine (C=N–C) groups is 1. The fourth-order valence-corrected chi connectivity index (χ4v) is 18.7. The van der Waals surface area contributed by atoms with Crippen molar-refractivity contribution < 1.29 is 45.2 Å². The molecule has 3 unspecified atom stereocenters. The summed E-state index contributed by atoms with van der Waals surface area (Å²) in [6, 6.07) is 13.9. The zero-order valence-corrected chi connectivity index (χ0v) is 27.3. The van der Waals surface area contributed by atoms with Crippen LogP contribution in [-0.4, -0.2) is 29.3 Å². The van der Waals surface area contributed by atoms with Crippen molar-refractivity contribution in [1.29, 1.82) is 0 Å². The Morgan fingerprint density at radius 1 is 1.05 bits per heavy atom. The van der Waals surface area contributed by atoms with Gasteiger partial charge in [0.2, 0.25) is 0 Å². The minimum atomic E-state index is -2.11. The third-order valence-corrected chi connectivity index (χ3v) is 22.0. The molecule has 1 aromatic heterocycles. The molecule has 8 heteroatoms. The molecule has 2 heterocycles. The number of hydrogen-bond acceptors (Lipinski definition) is 2. The average Bonchev–Trinajstić information content (AvgIpc) is 3.70. The number of benzene rings is 2. The smallest absolute Gasteiger partial charge is 1.00 e. The van der Waals surface area contributed by atoms with Gasteiger partial charge in [-0.25, -0.2) is 0 Å². The number of rotatable bonds is 8. The third kappa shape index (κ3) is 4.53. The maximum absolute atomic E-state index is 4.52. The van der Waals surface area contributed by atoms with E-state index >= 15 is 0 Å². The normalized spacial score (nSPS) is 23.7. The van der Waals surface area contributed by atoms with Gasteiger partial charge in [0.1, 0.15) is 0 Å². The van der Waals surface area contributed by atoms with Crippen LogP contribution in [0.25, 0.3) is 17.8 Å². The van der Waals surface area contributed by atoms with Gasteiger partial charge in [-0.15, -0.1) is 0 Å². The summed E-state index contributed by atoms with van der Waals surface area (Å²) >= 11 is -2.11. The van der Waals surface area contributed by atoms with Crippen LogP contribution in [0.1, 0.15) is 59.0 Å². The number of halogens is 2. The van der Waals surface area contributed by atoms with Gasteiger partial charge in [0.15, 0.2) is 0 Å². The van der Waals surface area contributed by atoms with Crippen molar-refractivity contribution in [2.24, 2.45) is 4.99 Å². The maximum atomic E-state index is 4.52. The first kappa shape index (κ1) is 29.2. The van der Waals surface area contributed by atoms with E-state index < -0.39 is 20.4 Å². The largest absolute Gasteiger partial charge is 1.00 e. The van der Waals surface area contributed by atoms with Crippen LogP contribution in [-0.2, 0) is 23.5 Å². The van der Waals surface area contributed by atoms with E-state index in [1.807, 2.05) is 24.9 Å². The van der Waals surface area contributed by atoms with Crippen molar-refractivity contribution in [3.63, 3.8) is 0 Å². The van der Waals surface area contributed by atoms with Gasteiger partial charge in [0.25, 0.3) is 0 Å². The second kappa shape index (κ2) is 11.7. The minimum absolute atomic E-state index is 0. The molecule has 6 rings (SSSR count). The van der Waals surface area contributed by atoms with E-state index in [-0.39, 0.29) is 27.9 Å². The van der Waals surface area contributed by atoms with E-state index in [4.69, 9.17) is 0 Å². The number of aromatic nitrogens is 2. The molecule has 3 atom stereocenters.